The number of hydrogen-bond acceptors (Lipinski definition) is 6. The number of nitrogen functional groups attached to an aromatic ring is 1. The summed E-state index contributed by atoms with van der Waals surface area (Å²) >= 11 is 0. The molecule has 1 saturated heterocycles. The molecule has 116 valence electrons. The third kappa shape index (κ3) is 4.82. The van der Waals surface area contributed by atoms with E-state index < -0.39 is 0 Å². The van der Waals surface area contributed by atoms with Crippen LogP contribution in [0.25, 0.3) is 0 Å². The monoisotopic (exact) mass is 294 g/mol. The zero-order valence-electron chi connectivity index (χ0n) is 12.3. The summed E-state index contributed by atoms with van der Waals surface area (Å²) in [4.78, 5) is 11.3. The third-order valence-corrected chi connectivity index (χ3v) is 3.27. The van der Waals surface area contributed by atoms with Crippen LogP contribution >= 0.6 is 0 Å². The van der Waals surface area contributed by atoms with Crippen molar-refractivity contribution in [3.8, 4) is 5.75 Å². The highest BCUT2D eigenvalue weighted by Crippen LogP contribution is 2.26. The van der Waals surface area contributed by atoms with Crippen LogP contribution in [0.3, 0.4) is 0 Å². The first kappa shape index (κ1) is 15.4. The summed E-state index contributed by atoms with van der Waals surface area (Å²) in [6, 6.07) is 5.66. The number of nitrogens with two attached hydrogens (primary N) is 1. The van der Waals surface area contributed by atoms with Gasteiger partial charge in [-0.3, -0.25) is 0 Å². The number of nitrogens with one attached hydrogen (secondary N) is 1. The fourth-order valence-electron chi connectivity index (χ4n) is 2.16. The van der Waals surface area contributed by atoms with Crippen molar-refractivity contribution >= 4 is 17.3 Å². The van der Waals surface area contributed by atoms with E-state index in [1.54, 1.807) is 19.1 Å². The van der Waals surface area contributed by atoms with Gasteiger partial charge in [0.25, 0.3) is 0 Å². The molecule has 0 aromatic heterocycles. The Hall–Kier alpha value is -1.95. The quantitative estimate of drug-likeness (QED) is 0.615. The van der Waals surface area contributed by atoms with Crippen LogP contribution in [0.1, 0.15) is 19.8 Å². The minimum atomic E-state index is -0.381. The molecule has 1 aromatic rings. The number of esters is 1. The molecule has 0 bridgehead atoms. The maximum atomic E-state index is 11.3. The van der Waals surface area contributed by atoms with Gasteiger partial charge in [-0.1, -0.05) is 0 Å². The SMILES string of the molecule is CCOC(=O)COc1ccc(N)c(NC2CCOCC2)c1. The van der Waals surface area contributed by atoms with Gasteiger partial charge in [0.1, 0.15) is 5.75 Å². The standard InChI is InChI=1S/C15H22N2O4/c1-2-20-15(18)10-21-12-3-4-13(16)14(9-12)17-11-5-7-19-8-6-11/h3-4,9,11,17H,2,5-8,10,16H2,1H3. The topological polar surface area (TPSA) is 82.8 Å². The van der Waals surface area contributed by atoms with Gasteiger partial charge in [-0.2, -0.15) is 0 Å². The van der Waals surface area contributed by atoms with Gasteiger partial charge in [-0.05, 0) is 31.9 Å². The van der Waals surface area contributed by atoms with Crippen LogP contribution in [0.5, 0.6) is 5.75 Å². The Morgan fingerprint density at radius 3 is 2.90 bits per heavy atom. The summed E-state index contributed by atoms with van der Waals surface area (Å²) in [5, 5.41) is 3.40. The zero-order chi connectivity index (χ0) is 15.1. The van der Waals surface area contributed by atoms with Gasteiger partial charge in [0, 0.05) is 25.3 Å². The summed E-state index contributed by atoms with van der Waals surface area (Å²) in [5.74, 6) is 0.208. The first-order chi connectivity index (χ1) is 10.2. The summed E-state index contributed by atoms with van der Waals surface area (Å²) in [7, 11) is 0. The normalized spacial score (nSPS) is 15.5. The van der Waals surface area contributed by atoms with Crippen molar-refractivity contribution in [2.45, 2.75) is 25.8 Å². The number of hydrogen-bond donors (Lipinski definition) is 2. The van der Waals surface area contributed by atoms with Crippen LogP contribution in [0.2, 0.25) is 0 Å². The number of ether oxygens (including phenoxy) is 3. The second-order valence-electron chi connectivity index (χ2n) is 4.87. The van der Waals surface area contributed by atoms with Crippen molar-refractivity contribution in [3.63, 3.8) is 0 Å². The Bertz CT molecular complexity index is 473. The van der Waals surface area contributed by atoms with Crippen molar-refractivity contribution in [2.75, 3.05) is 37.5 Å². The van der Waals surface area contributed by atoms with E-state index in [9.17, 15) is 4.79 Å². The number of anilines is 2. The molecule has 0 unspecified atom stereocenters. The molecule has 0 saturated carbocycles. The molecule has 1 aromatic carbocycles. The van der Waals surface area contributed by atoms with Gasteiger partial charge in [-0.25, -0.2) is 4.79 Å². The maximum Gasteiger partial charge on any atom is 0.344 e. The lowest BCUT2D eigenvalue weighted by Gasteiger charge is -2.25. The lowest BCUT2D eigenvalue weighted by atomic mass is 10.1. The van der Waals surface area contributed by atoms with E-state index >= 15 is 0 Å². The summed E-state index contributed by atoms with van der Waals surface area (Å²) < 4.78 is 15.6. The summed E-state index contributed by atoms with van der Waals surface area (Å²) in [6.07, 6.45) is 1.90. The molecule has 2 rings (SSSR count). The van der Waals surface area contributed by atoms with Gasteiger partial charge in [-0.15, -0.1) is 0 Å². The molecular formula is C15H22N2O4. The van der Waals surface area contributed by atoms with Gasteiger partial charge in [0.15, 0.2) is 6.61 Å². The molecule has 1 heterocycles. The van der Waals surface area contributed by atoms with Gasteiger partial charge in [0.05, 0.1) is 18.0 Å². The molecule has 21 heavy (non-hydrogen) atoms. The van der Waals surface area contributed by atoms with Crippen LogP contribution in [0, 0.1) is 0 Å². The average molecular weight is 294 g/mol. The first-order valence-corrected chi connectivity index (χ1v) is 7.21. The minimum Gasteiger partial charge on any atom is -0.482 e. The zero-order valence-corrected chi connectivity index (χ0v) is 12.3. The predicted molar refractivity (Wildman–Crippen MR) is 80.4 cm³/mol. The smallest absolute Gasteiger partial charge is 0.344 e. The Labute approximate surface area is 124 Å². The molecule has 1 fully saturated rings. The predicted octanol–water partition coefficient (Wildman–Crippen LogP) is 1.80. The van der Waals surface area contributed by atoms with Crippen molar-refractivity contribution in [3.05, 3.63) is 18.2 Å². The first-order valence-electron chi connectivity index (χ1n) is 7.21. The Morgan fingerprint density at radius 1 is 1.43 bits per heavy atom. The van der Waals surface area contributed by atoms with Crippen molar-refractivity contribution in [2.24, 2.45) is 0 Å². The van der Waals surface area contributed by atoms with E-state index in [1.165, 1.54) is 0 Å². The van der Waals surface area contributed by atoms with E-state index in [1.807, 2.05) is 6.07 Å². The number of carbonyl (C=O) groups is 1. The fourth-order valence-corrected chi connectivity index (χ4v) is 2.16. The van der Waals surface area contributed by atoms with E-state index in [2.05, 4.69) is 5.32 Å². The average Bonchev–Trinajstić information content (AvgIpc) is 2.49. The third-order valence-electron chi connectivity index (χ3n) is 3.27. The molecule has 0 spiro atoms. The lowest BCUT2D eigenvalue weighted by molar-refractivity contribution is -0.145. The fraction of sp³-hybridized carbons (Fsp3) is 0.533. The van der Waals surface area contributed by atoms with Gasteiger partial charge >= 0.3 is 5.97 Å². The van der Waals surface area contributed by atoms with Crippen LogP contribution in [0.15, 0.2) is 18.2 Å². The largest absolute Gasteiger partial charge is 0.482 e. The van der Waals surface area contributed by atoms with Crippen LogP contribution < -0.4 is 15.8 Å². The minimum absolute atomic E-state index is 0.103. The maximum absolute atomic E-state index is 11.3. The van der Waals surface area contributed by atoms with E-state index in [-0.39, 0.29) is 12.6 Å². The van der Waals surface area contributed by atoms with Crippen LogP contribution in [0.4, 0.5) is 11.4 Å². The summed E-state index contributed by atoms with van der Waals surface area (Å²) in [6.45, 7) is 3.53. The molecule has 0 aliphatic carbocycles. The van der Waals surface area contributed by atoms with E-state index in [0.717, 1.165) is 31.7 Å². The Kier molecular flexibility index (Phi) is 5.68. The number of carbonyl (C=O) groups excluding carboxylic acids is 1. The second-order valence-corrected chi connectivity index (χ2v) is 4.87. The highest BCUT2D eigenvalue weighted by molar-refractivity contribution is 5.72. The van der Waals surface area contributed by atoms with Gasteiger partial charge in [0.2, 0.25) is 0 Å². The van der Waals surface area contributed by atoms with E-state index in [4.69, 9.17) is 19.9 Å². The van der Waals surface area contributed by atoms with Crippen LogP contribution in [-0.2, 0) is 14.3 Å². The Morgan fingerprint density at radius 2 is 2.19 bits per heavy atom. The lowest BCUT2D eigenvalue weighted by Crippen LogP contribution is -2.28. The Balaban J connectivity index is 1.94. The molecule has 1 aliphatic rings. The molecular weight excluding hydrogens is 272 g/mol. The molecule has 3 N–H and O–H groups in total. The molecule has 0 amide bonds. The highest BCUT2D eigenvalue weighted by atomic mass is 16.6. The number of rotatable bonds is 6. The van der Waals surface area contributed by atoms with Crippen LogP contribution in [-0.4, -0.2) is 38.4 Å². The second kappa shape index (κ2) is 7.73. The van der Waals surface area contributed by atoms with Crippen molar-refractivity contribution in [1.82, 2.24) is 0 Å². The summed E-state index contributed by atoms with van der Waals surface area (Å²) in [5.41, 5.74) is 7.45. The number of benzene rings is 1. The van der Waals surface area contributed by atoms with E-state index in [0.29, 0.717) is 24.1 Å². The van der Waals surface area contributed by atoms with Gasteiger partial charge < -0.3 is 25.3 Å². The highest BCUT2D eigenvalue weighted by Gasteiger charge is 2.15. The molecule has 0 atom stereocenters. The van der Waals surface area contributed by atoms with Crippen molar-refractivity contribution in [1.29, 1.82) is 0 Å². The molecule has 6 heteroatoms. The molecule has 1 aliphatic heterocycles. The van der Waals surface area contributed by atoms with Crippen molar-refractivity contribution < 1.29 is 19.0 Å². The molecule has 6 nitrogen and oxygen atoms in total. The molecule has 0 radical (unpaired) electrons.